The van der Waals surface area contributed by atoms with E-state index < -0.39 is 24.2 Å². The van der Waals surface area contributed by atoms with E-state index in [1.54, 1.807) is 25.3 Å². The minimum Gasteiger partial charge on any atom is -0.496 e. The summed E-state index contributed by atoms with van der Waals surface area (Å²) in [7, 11) is 1.57. The molecule has 0 aliphatic carbocycles. The molecule has 0 bridgehead atoms. The third-order valence-electron chi connectivity index (χ3n) is 4.50. The fraction of sp³-hybridized carbons (Fsp3) is 0.130. The van der Waals surface area contributed by atoms with E-state index in [0.717, 1.165) is 11.1 Å². The normalized spacial score (nSPS) is 10.5. The van der Waals surface area contributed by atoms with Crippen LogP contribution in [0.2, 0.25) is 5.02 Å². The molecule has 0 fully saturated rings. The highest BCUT2D eigenvalue weighted by Crippen LogP contribution is 2.30. The number of halogens is 2. The van der Waals surface area contributed by atoms with Crippen molar-refractivity contribution in [2.24, 2.45) is 0 Å². The van der Waals surface area contributed by atoms with Gasteiger partial charge in [0.25, 0.3) is 5.91 Å². The number of methoxy groups -OCH3 is 1. The van der Waals surface area contributed by atoms with Crippen molar-refractivity contribution >= 4 is 23.5 Å². The van der Waals surface area contributed by atoms with Crippen molar-refractivity contribution in [2.75, 3.05) is 13.7 Å². The number of nitrogens with zero attached hydrogens (tertiary/aromatic N) is 1. The van der Waals surface area contributed by atoms with Crippen LogP contribution in [0, 0.1) is 5.82 Å². The zero-order valence-corrected chi connectivity index (χ0v) is 16.9. The quantitative estimate of drug-likeness (QED) is 0.583. The Morgan fingerprint density at radius 3 is 2.53 bits per heavy atom. The summed E-state index contributed by atoms with van der Waals surface area (Å²) in [6, 6.07) is 18.3. The highest BCUT2D eigenvalue weighted by molar-refractivity contribution is 6.30. The molecule has 0 aliphatic heterocycles. The van der Waals surface area contributed by atoms with Crippen LogP contribution in [0.4, 0.5) is 4.39 Å². The summed E-state index contributed by atoms with van der Waals surface area (Å²) in [5.41, 5.74) is 2.42. The maximum atomic E-state index is 13.4. The summed E-state index contributed by atoms with van der Waals surface area (Å²) in [4.78, 5) is 25.6. The molecule has 0 aromatic heterocycles. The lowest BCUT2D eigenvalue weighted by Crippen LogP contribution is -2.35. The van der Waals surface area contributed by atoms with Gasteiger partial charge in [-0.15, -0.1) is 0 Å². The Bertz CT molecular complexity index is 1090. The maximum absolute atomic E-state index is 13.4. The lowest BCUT2D eigenvalue weighted by atomic mass is 10.0. The van der Waals surface area contributed by atoms with E-state index in [2.05, 4.69) is 0 Å². The highest BCUT2D eigenvalue weighted by atomic mass is 35.5. The fourth-order valence-corrected chi connectivity index (χ4v) is 3.31. The fourth-order valence-electron chi connectivity index (χ4n) is 3.11. The van der Waals surface area contributed by atoms with Gasteiger partial charge in [-0.3, -0.25) is 9.59 Å². The number of carbonyl (C=O) groups excluding carboxylic acids is 1. The Labute approximate surface area is 178 Å². The van der Waals surface area contributed by atoms with E-state index in [1.807, 2.05) is 30.3 Å². The van der Waals surface area contributed by atoms with E-state index in [0.29, 0.717) is 16.9 Å². The summed E-state index contributed by atoms with van der Waals surface area (Å²) in [5, 5.41) is 9.17. The molecule has 1 amide bonds. The first-order valence-corrected chi connectivity index (χ1v) is 9.45. The number of carboxylic acid groups (broad SMARTS) is 1. The van der Waals surface area contributed by atoms with Crippen molar-refractivity contribution in [1.82, 2.24) is 4.90 Å². The van der Waals surface area contributed by atoms with Gasteiger partial charge in [0.05, 0.1) is 12.1 Å². The maximum Gasteiger partial charge on any atom is 0.323 e. The number of benzene rings is 3. The Balaban J connectivity index is 1.92. The predicted molar refractivity (Wildman–Crippen MR) is 112 cm³/mol. The van der Waals surface area contributed by atoms with Gasteiger partial charge in [0.1, 0.15) is 18.1 Å². The Kier molecular flexibility index (Phi) is 6.69. The van der Waals surface area contributed by atoms with E-state index in [9.17, 15) is 19.1 Å². The van der Waals surface area contributed by atoms with Crippen molar-refractivity contribution in [3.05, 3.63) is 88.7 Å². The molecule has 0 spiro atoms. The van der Waals surface area contributed by atoms with Crippen molar-refractivity contribution < 1.29 is 23.8 Å². The van der Waals surface area contributed by atoms with Crippen LogP contribution in [0.3, 0.4) is 0 Å². The average molecular weight is 428 g/mol. The lowest BCUT2D eigenvalue weighted by molar-refractivity contribution is -0.137. The zero-order chi connectivity index (χ0) is 21.7. The molecule has 30 heavy (non-hydrogen) atoms. The number of carbonyl (C=O) groups is 2. The van der Waals surface area contributed by atoms with Gasteiger partial charge in [0, 0.05) is 17.7 Å². The molecule has 0 heterocycles. The van der Waals surface area contributed by atoms with E-state index in [4.69, 9.17) is 16.3 Å². The van der Waals surface area contributed by atoms with E-state index >= 15 is 0 Å². The first-order chi connectivity index (χ1) is 14.4. The van der Waals surface area contributed by atoms with E-state index in [-0.39, 0.29) is 11.6 Å². The van der Waals surface area contributed by atoms with Crippen LogP contribution in [-0.4, -0.2) is 35.5 Å². The molecule has 0 radical (unpaired) electrons. The van der Waals surface area contributed by atoms with Gasteiger partial charge in [-0.05, 0) is 41.5 Å². The number of aliphatic carboxylic acids is 1. The van der Waals surface area contributed by atoms with E-state index in [1.165, 1.54) is 23.1 Å². The van der Waals surface area contributed by atoms with Crippen LogP contribution in [-0.2, 0) is 11.3 Å². The second kappa shape index (κ2) is 9.41. The molecule has 5 nitrogen and oxygen atoms in total. The largest absolute Gasteiger partial charge is 0.496 e. The molecule has 0 aliphatic rings. The standard InChI is InChI=1S/C23H19ClFNO4/c1-30-21-8-3-2-7-18(21)16-5-4-6-17(12-16)23(29)26(14-22(27)28)13-15-9-10-20(25)19(24)11-15/h2-12H,13-14H2,1H3,(H,27,28). The average Bonchev–Trinajstić information content (AvgIpc) is 2.75. The van der Waals surface area contributed by atoms with Crippen LogP contribution in [0.15, 0.2) is 66.7 Å². The van der Waals surface area contributed by atoms with Crippen LogP contribution in [0.25, 0.3) is 11.1 Å². The number of hydrogen-bond donors (Lipinski definition) is 1. The summed E-state index contributed by atoms with van der Waals surface area (Å²) < 4.78 is 18.8. The minimum atomic E-state index is -1.16. The molecule has 3 aromatic rings. The molecule has 0 saturated carbocycles. The van der Waals surface area contributed by atoms with Gasteiger partial charge in [0.15, 0.2) is 0 Å². The van der Waals surface area contributed by atoms with Crippen molar-refractivity contribution in [3.63, 3.8) is 0 Å². The summed E-state index contributed by atoms with van der Waals surface area (Å²) in [6.45, 7) is -0.531. The van der Waals surface area contributed by atoms with Gasteiger partial charge in [-0.2, -0.15) is 0 Å². The highest BCUT2D eigenvalue weighted by Gasteiger charge is 2.20. The van der Waals surface area contributed by atoms with Crippen LogP contribution in [0.1, 0.15) is 15.9 Å². The monoisotopic (exact) mass is 427 g/mol. The molecule has 1 N–H and O–H groups in total. The van der Waals surface area contributed by atoms with Gasteiger partial charge in [-0.1, -0.05) is 48.0 Å². The SMILES string of the molecule is COc1ccccc1-c1cccc(C(=O)N(CC(=O)O)Cc2ccc(F)c(Cl)c2)c1. The van der Waals surface area contributed by atoms with Crippen molar-refractivity contribution in [3.8, 4) is 16.9 Å². The first-order valence-electron chi connectivity index (χ1n) is 9.07. The topological polar surface area (TPSA) is 66.8 Å². The zero-order valence-electron chi connectivity index (χ0n) is 16.1. The molecule has 7 heteroatoms. The van der Waals surface area contributed by atoms with Crippen LogP contribution in [0.5, 0.6) is 5.75 Å². The molecule has 154 valence electrons. The van der Waals surface area contributed by atoms with Gasteiger partial charge >= 0.3 is 5.97 Å². The number of carboxylic acids is 1. The van der Waals surface area contributed by atoms with Crippen LogP contribution < -0.4 is 4.74 Å². The van der Waals surface area contributed by atoms with Gasteiger partial charge < -0.3 is 14.7 Å². The van der Waals surface area contributed by atoms with Crippen LogP contribution >= 0.6 is 11.6 Å². The second-order valence-corrected chi connectivity index (χ2v) is 6.99. The molecule has 0 atom stereocenters. The minimum absolute atomic E-state index is 0.0238. The Morgan fingerprint density at radius 1 is 1.07 bits per heavy atom. The molecule has 3 aromatic carbocycles. The Morgan fingerprint density at radius 2 is 1.83 bits per heavy atom. The molecular weight excluding hydrogens is 409 g/mol. The number of ether oxygens (including phenoxy) is 1. The number of para-hydroxylation sites is 1. The smallest absolute Gasteiger partial charge is 0.323 e. The molecule has 0 saturated heterocycles. The van der Waals surface area contributed by atoms with Crippen molar-refractivity contribution in [2.45, 2.75) is 6.54 Å². The number of rotatable bonds is 7. The third-order valence-corrected chi connectivity index (χ3v) is 4.79. The Hall–Kier alpha value is -3.38. The van der Waals surface area contributed by atoms with Gasteiger partial charge in [-0.25, -0.2) is 4.39 Å². The summed E-state index contributed by atoms with van der Waals surface area (Å²) in [5.74, 6) is -1.54. The lowest BCUT2D eigenvalue weighted by Gasteiger charge is -2.21. The summed E-state index contributed by atoms with van der Waals surface area (Å²) >= 11 is 5.81. The summed E-state index contributed by atoms with van der Waals surface area (Å²) in [6.07, 6.45) is 0. The predicted octanol–water partition coefficient (Wildman–Crippen LogP) is 4.88. The van der Waals surface area contributed by atoms with Crippen molar-refractivity contribution in [1.29, 1.82) is 0 Å². The third kappa shape index (κ3) is 4.96. The van der Waals surface area contributed by atoms with Gasteiger partial charge in [0.2, 0.25) is 0 Å². The first kappa shape index (κ1) is 21.3. The number of hydrogen-bond acceptors (Lipinski definition) is 3. The molecular formula is C23H19ClFNO4. The number of amides is 1. The second-order valence-electron chi connectivity index (χ2n) is 6.58. The molecule has 0 unspecified atom stereocenters. The molecule has 3 rings (SSSR count).